The van der Waals surface area contributed by atoms with Gasteiger partial charge < -0.3 is 9.84 Å². The van der Waals surface area contributed by atoms with Crippen molar-refractivity contribution >= 4 is 0 Å². The minimum atomic E-state index is -0.765. The second-order valence-corrected chi connectivity index (χ2v) is 4.15. The normalized spacial score (nSPS) is 17.3. The Balaban J connectivity index is 2.04. The number of nitriles is 1. The van der Waals surface area contributed by atoms with Crippen LogP contribution >= 0.6 is 0 Å². The first-order chi connectivity index (χ1) is 7.61. The first kappa shape index (κ1) is 10.9. The van der Waals surface area contributed by atoms with Crippen LogP contribution in [0.15, 0.2) is 18.2 Å². The van der Waals surface area contributed by atoms with E-state index in [2.05, 4.69) is 0 Å². The van der Waals surface area contributed by atoms with Gasteiger partial charge in [0.2, 0.25) is 0 Å². The lowest BCUT2D eigenvalue weighted by Gasteiger charge is -2.35. The van der Waals surface area contributed by atoms with Crippen molar-refractivity contribution < 1.29 is 14.2 Å². The Morgan fingerprint density at radius 1 is 1.44 bits per heavy atom. The molecule has 0 bridgehead atoms. The lowest BCUT2D eigenvalue weighted by Crippen LogP contribution is -2.42. The average molecular weight is 221 g/mol. The average Bonchev–Trinajstić information content (AvgIpc) is 2.23. The van der Waals surface area contributed by atoms with Gasteiger partial charge in [0.15, 0.2) is 0 Å². The Labute approximate surface area is 93.1 Å². The topological polar surface area (TPSA) is 53.2 Å². The van der Waals surface area contributed by atoms with E-state index >= 15 is 0 Å². The summed E-state index contributed by atoms with van der Waals surface area (Å²) in [4.78, 5) is 0. The van der Waals surface area contributed by atoms with Crippen molar-refractivity contribution in [3.8, 4) is 11.8 Å². The number of ether oxygens (including phenoxy) is 1. The summed E-state index contributed by atoms with van der Waals surface area (Å²) in [7, 11) is 0. The molecule has 0 spiro atoms. The molecule has 0 saturated heterocycles. The van der Waals surface area contributed by atoms with Crippen LogP contribution < -0.4 is 4.74 Å². The van der Waals surface area contributed by atoms with Crippen LogP contribution in [0.2, 0.25) is 0 Å². The number of aliphatic hydroxyl groups is 1. The van der Waals surface area contributed by atoms with E-state index in [4.69, 9.17) is 10.00 Å². The smallest absolute Gasteiger partial charge is 0.128 e. The summed E-state index contributed by atoms with van der Waals surface area (Å²) >= 11 is 0. The molecule has 0 amide bonds. The van der Waals surface area contributed by atoms with E-state index in [0.717, 1.165) is 12.5 Å². The van der Waals surface area contributed by atoms with Crippen molar-refractivity contribution in [3.05, 3.63) is 29.6 Å². The molecular formula is C12H12FNO2. The van der Waals surface area contributed by atoms with E-state index in [9.17, 15) is 9.50 Å². The van der Waals surface area contributed by atoms with Crippen LogP contribution in [-0.4, -0.2) is 17.3 Å². The first-order valence-electron chi connectivity index (χ1n) is 5.17. The van der Waals surface area contributed by atoms with Gasteiger partial charge in [0.1, 0.15) is 18.2 Å². The van der Waals surface area contributed by atoms with Crippen LogP contribution in [0.4, 0.5) is 4.39 Å². The molecule has 0 atom stereocenters. The van der Waals surface area contributed by atoms with E-state index in [1.807, 2.05) is 6.07 Å². The third-order valence-electron chi connectivity index (χ3n) is 2.79. The van der Waals surface area contributed by atoms with Gasteiger partial charge in [-0.3, -0.25) is 0 Å². The Morgan fingerprint density at radius 2 is 2.19 bits per heavy atom. The van der Waals surface area contributed by atoms with Gasteiger partial charge in [-0.1, -0.05) is 0 Å². The molecule has 1 fully saturated rings. The highest BCUT2D eigenvalue weighted by Gasteiger charge is 2.35. The van der Waals surface area contributed by atoms with Crippen molar-refractivity contribution in [1.82, 2.24) is 0 Å². The molecule has 0 aromatic heterocycles. The highest BCUT2D eigenvalue weighted by molar-refractivity contribution is 5.37. The minimum absolute atomic E-state index is 0.154. The summed E-state index contributed by atoms with van der Waals surface area (Å²) in [6.07, 6.45) is 2.42. The molecule has 1 aromatic carbocycles. The van der Waals surface area contributed by atoms with Crippen molar-refractivity contribution in [2.45, 2.75) is 24.9 Å². The Morgan fingerprint density at radius 3 is 2.75 bits per heavy atom. The van der Waals surface area contributed by atoms with Gasteiger partial charge in [0, 0.05) is 6.07 Å². The molecule has 1 saturated carbocycles. The summed E-state index contributed by atoms with van der Waals surface area (Å²) in [6.45, 7) is 0.154. The molecule has 1 aliphatic carbocycles. The van der Waals surface area contributed by atoms with Gasteiger partial charge >= 0.3 is 0 Å². The predicted octanol–water partition coefficient (Wildman–Crippen LogP) is 1.99. The largest absolute Gasteiger partial charge is 0.490 e. The lowest BCUT2D eigenvalue weighted by molar-refractivity contribution is -0.0664. The van der Waals surface area contributed by atoms with Crippen LogP contribution in [0.3, 0.4) is 0 Å². The molecule has 3 nitrogen and oxygen atoms in total. The zero-order valence-corrected chi connectivity index (χ0v) is 8.74. The van der Waals surface area contributed by atoms with Gasteiger partial charge in [0.25, 0.3) is 0 Å². The fraction of sp³-hybridized carbons (Fsp3) is 0.417. The SMILES string of the molecule is N#Cc1cc(F)cc(OCC2(O)CCC2)c1. The number of rotatable bonds is 3. The van der Waals surface area contributed by atoms with E-state index in [-0.39, 0.29) is 17.9 Å². The standard InChI is InChI=1S/C12H12FNO2/c13-10-4-9(7-14)5-11(6-10)16-8-12(15)2-1-3-12/h4-6,15H,1-3,8H2. The van der Waals surface area contributed by atoms with Crippen LogP contribution in [0.1, 0.15) is 24.8 Å². The molecule has 0 aliphatic heterocycles. The molecule has 84 valence electrons. The maximum atomic E-state index is 13.0. The van der Waals surface area contributed by atoms with Crippen LogP contribution in [0, 0.1) is 17.1 Å². The maximum absolute atomic E-state index is 13.0. The van der Waals surface area contributed by atoms with Gasteiger partial charge in [-0.15, -0.1) is 0 Å². The Bertz CT molecular complexity index is 435. The van der Waals surface area contributed by atoms with Gasteiger partial charge in [-0.25, -0.2) is 4.39 Å². The summed E-state index contributed by atoms with van der Waals surface area (Å²) in [6, 6.07) is 5.67. The molecule has 1 aromatic rings. The molecule has 4 heteroatoms. The summed E-state index contributed by atoms with van der Waals surface area (Å²) in [5, 5.41) is 18.4. The molecule has 1 N–H and O–H groups in total. The monoisotopic (exact) mass is 221 g/mol. The van der Waals surface area contributed by atoms with Gasteiger partial charge in [-0.2, -0.15) is 5.26 Å². The number of benzene rings is 1. The number of hydrogen-bond donors (Lipinski definition) is 1. The third-order valence-corrected chi connectivity index (χ3v) is 2.79. The first-order valence-corrected chi connectivity index (χ1v) is 5.17. The second kappa shape index (κ2) is 4.11. The molecule has 16 heavy (non-hydrogen) atoms. The van der Waals surface area contributed by atoms with Crippen molar-refractivity contribution in [3.63, 3.8) is 0 Å². The van der Waals surface area contributed by atoms with Crippen LogP contribution in [0.25, 0.3) is 0 Å². The Hall–Kier alpha value is -1.60. The van der Waals surface area contributed by atoms with E-state index in [1.54, 1.807) is 0 Å². The summed E-state index contributed by atoms with van der Waals surface area (Å²) in [5.41, 5.74) is -0.547. The number of halogens is 1. The van der Waals surface area contributed by atoms with Crippen molar-refractivity contribution in [2.75, 3.05) is 6.61 Å². The van der Waals surface area contributed by atoms with E-state index in [0.29, 0.717) is 12.8 Å². The van der Waals surface area contributed by atoms with E-state index < -0.39 is 11.4 Å². The van der Waals surface area contributed by atoms with Crippen LogP contribution in [-0.2, 0) is 0 Å². The third kappa shape index (κ3) is 2.31. The Kier molecular flexibility index (Phi) is 2.80. The van der Waals surface area contributed by atoms with Gasteiger partial charge in [-0.05, 0) is 31.4 Å². The zero-order chi connectivity index (χ0) is 11.6. The molecule has 0 heterocycles. The fourth-order valence-electron chi connectivity index (χ4n) is 1.66. The minimum Gasteiger partial charge on any atom is -0.490 e. The number of hydrogen-bond acceptors (Lipinski definition) is 3. The van der Waals surface area contributed by atoms with Crippen molar-refractivity contribution in [1.29, 1.82) is 5.26 Å². The predicted molar refractivity (Wildman–Crippen MR) is 55.4 cm³/mol. The quantitative estimate of drug-likeness (QED) is 0.849. The molecule has 2 rings (SSSR count). The highest BCUT2D eigenvalue weighted by atomic mass is 19.1. The number of nitrogens with zero attached hydrogens (tertiary/aromatic N) is 1. The highest BCUT2D eigenvalue weighted by Crippen LogP contribution is 2.32. The maximum Gasteiger partial charge on any atom is 0.128 e. The fourth-order valence-corrected chi connectivity index (χ4v) is 1.66. The summed E-state index contributed by atoms with van der Waals surface area (Å²) < 4.78 is 18.3. The van der Waals surface area contributed by atoms with Gasteiger partial charge in [0.05, 0.1) is 17.2 Å². The molecule has 1 aliphatic rings. The molecule has 0 radical (unpaired) electrons. The second-order valence-electron chi connectivity index (χ2n) is 4.15. The summed E-state index contributed by atoms with van der Waals surface area (Å²) in [5.74, 6) is -0.216. The molecular weight excluding hydrogens is 209 g/mol. The van der Waals surface area contributed by atoms with Crippen LogP contribution in [0.5, 0.6) is 5.75 Å². The molecule has 0 unspecified atom stereocenters. The lowest BCUT2D eigenvalue weighted by atomic mass is 9.81. The van der Waals surface area contributed by atoms with Crippen molar-refractivity contribution in [2.24, 2.45) is 0 Å². The van der Waals surface area contributed by atoms with E-state index in [1.165, 1.54) is 12.1 Å². The zero-order valence-electron chi connectivity index (χ0n) is 8.74.